The van der Waals surface area contributed by atoms with E-state index in [0.717, 1.165) is 44.9 Å². The van der Waals surface area contributed by atoms with Gasteiger partial charge in [0.05, 0.1) is 6.10 Å². The Kier molecular flexibility index (Phi) is 21.6. The number of aliphatic hydroxyl groups excluding tert-OH is 1. The number of aliphatic hydroxyl groups is 1. The molecular formula is C18H29KO3. The number of allylic oxidation sites excluding steroid dienone is 5. The summed E-state index contributed by atoms with van der Waals surface area (Å²) in [6.45, 7) is 2.12. The van der Waals surface area contributed by atoms with Crippen LogP contribution < -0.4 is 56.5 Å². The number of unbranched alkanes of at least 4 members (excludes halogenated alkanes) is 3. The average Bonchev–Trinajstić information content (AvgIpc) is 2.45. The van der Waals surface area contributed by atoms with Crippen LogP contribution in [0.4, 0.5) is 0 Å². The van der Waals surface area contributed by atoms with Gasteiger partial charge in [0, 0.05) is 5.97 Å². The standard InChI is InChI=1S/C18H30O3.K/c1-2-3-4-5-6-7-8-11-14-17(19)15-12-9-10-13-16-18(20)21;/h3-4,6-7,11,14,17,19H,2,5,8-10,12-13,15-16H2,1H3,(H,20,21);/q;+1/p-1/b4-3-,7-6-,14-11-;. The molecule has 0 amide bonds. The predicted molar refractivity (Wildman–Crippen MR) is 85.7 cm³/mol. The molecule has 0 aliphatic rings. The first kappa shape index (κ1) is 24.5. The summed E-state index contributed by atoms with van der Waals surface area (Å²) in [5.74, 6) is -0.976. The number of carboxylic acids is 1. The summed E-state index contributed by atoms with van der Waals surface area (Å²) in [6, 6.07) is 0. The first-order valence-corrected chi connectivity index (χ1v) is 8.01. The molecule has 120 valence electrons. The van der Waals surface area contributed by atoms with Crippen molar-refractivity contribution in [2.75, 3.05) is 0 Å². The number of hydrogen-bond donors (Lipinski definition) is 1. The van der Waals surface area contributed by atoms with Crippen molar-refractivity contribution in [2.45, 2.75) is 70.8 Å². The molecule has 3 nitrogen and oxygen atoms in total. The maximum absolute atomic E-state index is 10.2. The summed E-state index contributed by atoms with van der Waals surface area (Å²) in [6.07, 6.45) is 19.2. The number of carboxylic acid groups (broad SMARTS) is 1. The van der Waals surface area contributed by atoms with Crippen LogP contribution in [0.1, 0.15) is 64.7 Å². The van der Waals surface area contributed by atoms with Gasteiger partial charge in [-0.05, 0) is 38.5 Å². The van der Waals surface area contributed by atoms with Crippen LogP contribution in [0.15, 0.2) is 36.5 Å². The number of carbonyl (C=O) groups is 1. The van der Waals surface area contributed by atoms with E-state index < -0.39 is 5.97 Å². The fourth-order valence-electron chi connectivity index (χ4n) is 1.92. The summed E-state index contributed by atoms with van der Waals surface area (Å²) in [4.78, 5) is 10.2. The molecule has 0 aromatic carbocycles. The molecule has 0 radical (unpaired) electrons. The van der Waals surface area contributed by atoms with Gasteiger partial charge >= 0.3 is 51.4 Å². The molecule has 0 rings (SSSR count). The van der Waals surface area contributed by atoms with Crippen molar-refractivity contribution in [1.29, 1.82) is 0 Å². The van der Waals surface area contributed by atoms with Gasteiger partial charge < -0.3 is 15.0 Å². The number of aliphatic carboxylic acids is 1. The van der Waals surface area contributed by atoms with E-state index in [2.05, 4.69) is 31.2 Å². The van der Waals surface area contributed by atoms with Gasteiger partial charge in [0.1, 0.15) is 0 Å². The largest absolute Gasteiger partial charge is 1.00 e. The van der Waals surface area contributed by atoms with Crippen LogP contribution in [-0.2, 0) is 4.79 Å². The van der Waals surface area contributed by atoms with Crippen molar-refractivity contribution in [1.82, 2.24) is 0 Å². The first-order valence-electron chi connectivity index (χ1n) is 8.01. The number of carbonyl (C=O) groups excluding carboxylic acids is 1. The molecular weight excluding hydrogens is 303 g/mol. The van der Waals surface area contributed by atoms with Crippen molar-refractivity contribution in [3.05, 3.63) is 36.5 Å². The van der Waals surface area contributed by atoms with Crippen LogP contribution in [0, 0.1) is 0 Å². The molecule has 0 aromatic heterocycles. The van der Waals surface area contributed by atoms with E-state index in [9.17, 15) is 15.0 Å². The van der Waals surface area contributed by atoms with E-state index >= 15 is 0 Å². The van der Waals surface area contributed by atoms with Crippen molar-refractivity contribution in [3.8, 4) is 0 Å². The molecule has 0 fully saturated rings. The van der Waals surface area contributed by atoms with Crippen molar-refractivity contribution in [2.24, 2.45) is 0 Å². The topological polar surface area (TPSA) is 60.4 Å². The van der Waals surface area contributed by atoms with E-state index in [1.54, 1.807) is 0 Å². The summed E-state index contributed by atoms with van der Waals surface area (Å²) >= 11 is 0. The Morgan fingerprint density at radius 3 is 2.23 bits per heavy atom. The van der Waals surface area contributed by atoms with Crippen LogP contribution in [-0.4, -0.2) is 17.2 Å². The zero-order valence-electron chi connectivity index (χ0n) is 14.2. The molecule has 0 bridgehead atoms. The first-order chi connectivity index (χ1) is 10.2. The minimum Gasteiger partial charge on any atom is -0.550 e. The monoisotopic (exact) mass is 332 g/mol. The van der Waals surface area contributed by atoms with Crippen LogP contribution >= 0.6 is 0 Å². The molecule has 1 unspecified atom stereocenters. The van der Waals surface area contributed by atoms with Crippen molar-refractivity contribution >= 4 is 5.97 Å². The van der Waals surface area contributed by atoms with Gasteiger partial charge in [0.25, 0.3) is 0 Å². The third-order valence-corrected chi connectivity index (χ3v) is 3.10. The van der Waals surface area contributed by atoms with Gasteiger partial charge in [-0.15, -0.1) is 0 Å². The second kappa shape index (κ2) is 19.3. The van der Waals surface area contributed by atoms with Crippen molar-refractivity contribution < 1.29 is 66.4 Å². The molecule has 0 aliphatic carbocycles. The molecule has 0 aliphatic heterocycles. The second-order valence-electron chi connectivity index (χ2n) is 5.14. The van der Waals surface area contributed by atoms with Crippen LogP contribution in [0.5, 0.6) is 0 Å². The zero-order chi connectivity index (χ0) is 15.8. The van der Waals surface area contributed by atoms with Gasteiger partial charge in [0.15, 0.2) is 0 Å². The van der Waals surface area contributed by atoms with Crippen molar-refractivity contribution in [3.63, 3.8) is 0 Å². The molecule has 4 heteroatoms. The van der Waals surface area contributed by atoms with E-state index in [1.165, 1.54) is 0 Å². The Hall–Kier alpha value is 0.286. The SMILES string of the molecule is CC/C=C\C/C=C\C/C=C\C(O)CCCCCCC(=O)[O-].[K+]. The Morgan fingerprint density at radius 2 is 1.59 bits per heavy atom. The third kappa shape index (κ3) is 20.3. The number of hydrogen-bond acceptors (Lipinski definition) is 3. The van der Waals surface area contributed by atoms with Gasteiger partial charge in [0.2, 0.25) is 0 Å². The Morgan fingerprint density at radius 1 is 1.00 bits per heavy atom. The minimum atomic E-state index is -0.976. The molecule has 1 N–H and O–H groups in total. The normalized spacial score (nSPS) is 13.0. The van der Waals surface area contributed by atoms with Gasteiger partial charge in [-0.1, -0.05) is 62.6 Å². The maximum Gasteiger partial charge on any atom is 1.00 e. The van der Waals surface area contributed by atoms with Crippen LogP contribution in [0.25, 0.3) is 0 Å². The molecule has 0 aromatic rings. The van der Waals surface area contributed by atoms with E-state index in [1.807, 2.05) is 12.2 Å². The molecule has 1 atom stereocenters. The van der Waals surface area contributed by atoms with Crippen LogP contribution in [0.2, 0.25) is 0 Å². The van der Waals surface area contributed by atoms with E-state index in [4.69, 9.17) is 0 Å². The summed E-state index contributed by atoms with van der Waals surface area (Å²) in [7, 11) is 0. The Bertz CT molecular complexity index is 335. The smallest absolute Gasteiger partial charge is 0.550 e. The van der Waals surface area contributed by atoms with Gasteiger partial charge in [-0.3, -0.25) is 0 Å². The molecule has 0 heterocycles. The average molecular weight is 333 g/mol. The van der Waals surface area contributed by atoms with Crippen LogP contribution in [0.3, 0.4) is 0 Å². The summed E-state index contributed by atoms with van der Waals surface area (Å²) < 4.78 is 0. The van der Waals surface area contributed by atoms with Gasteiger partial charge in [-0.25, -0.2) is 0 Å². The fraction of sp³-hybridized carbons (Fsp3) is 0.611. The number of rotatable bonds is 13. The second-order valence-corrected chi connectivity index (χ2v) is 5.14. The predicted octanol–water partition coefficient (Wildman–Crippen LogP) is 0.301. The summed E-state index contributed by atoms with van der Waals surface area (Å²) in [5.41, 5.74) is 0. The van der Waals surface area contributed by atoms with Gasteiger partial charge in [-0.2, -0.15) is 0 Å². The molecule has 0 saturated heterocycles. The third-order valence-electron chi connectivity index (χ3n) is 3.10. The fourth-order valence-corrected chi connectivity index (χ4v) is 1.92. The molecule has 0 spiro atoms. The quantitative estimate of drug-likeness (QED) is 0.300. The van der Waals surface area contributed by atoms with E-state index in [-0.39, 0.29) is 63.9 Å². The molecule has 22 heavy (non-hydrogen) atoms. The zero-order valence-corrected chi connectivity index (χ0v) is 17.3. The molecule has 0 saturated carbocycles. The Labute approximate surface area is 178 Å². The Balaban J connectivity index is 0. The summed E-state index contributed by atoms with van der Waals surface area (Å²) in [5, 5.41) is 20.0. The van der Waals surface area contributed by atoms with E-state index in [0.29, 0.717) is 6.42 Å². The minimum absolute atomic E-state index is 0. The maximum atomic E-state index is 10.2.